The van der Waals surface area contributed by atoms with E-state index in [4.69, 9.17) is 0 Å². The molecule has 0 atom stereocenters. The highest BCUT2D eigenvalue weighted by Gasteiger charge is 2.11. The van der Waals surface area contributed by atoms with Crippen LogP contribution in [0.4, 0.5) is 0 Å². The fraction of sp³-hybridized carbons (Fsp3) is 0.643. The molecule has 2 aromatic heterocycles. The molecule has 0 unspecified atom stereocenters. The molecule has 2 rings (SSSR count). The van der Waals surface area contributed by atoms with Gasteiger partial charge in [0.05, 0.1) is 5.69 Å². The van der Waals surface area contributed by atoms with Crippen molar-refractivity contribution in [1.29, 1.82) is 0 Å². The summed E-state index contributed by atoms with van der Waals surface area (Å²) in [4.78, 5) is 4.37. The number of aromatic nitrogens is 5. The van der Waals surface area contributed by atoms with E-state index in [-0.39, 0.29) is 0 Å². The third-order valence-corrected chi connectivity index (χ3v) is 3.16. The van der Waals surface area contributed by atoms with E-state index in [1.165, 1.54) is 5.69 Å². The van der Waals surface area contributed by atoms with Crippen LogP contribution in [0.25, 0.3) is 0 Å². The van der Waals surface area contributed by atoms with Crippen molar-refractivity contribution in [1.82, 2.24) is 24.5 Å². The quantitative estimate of drug-likeness (QED) is 0.801. The van der Waals surface area contributed by atoms with Gasteiger partial charge in [0.25, 0.3) is 0 Å². The second kappa shape index (κ2) is 5.99. The van der Waals surface area contributed by atoms with Crippen molar-refractivity contribution in [2.24, 2.45) is 5.92 Å². The first-order chi connectivity index (χ1) is 9.13. The maximum Gasteiger partial charge on any atom is 0.148 e. The van der Waals surface area contributed by atoms with E-state index in [9.17, 15) is 0 Å². The zero-order valence-corrected chi connectivity index (χ0v) is 12.3. The van der Waals surface area contributed by atoms with Crippen LogP contribution in [0, 0.1) is 5.92 Å². The normalized spacial score (nSPS) is 11.4. The van der Waals surface area contributed by atoms with Gasteiger partial charge in [-0.25, -0.2) is 9.67 Å². The largest absolute Gasteiger partial charge is 0.262 e. The van der Waals surface area contributed by atoms with Gasteiger partial charge in [0.15, 0.2) is 0 Å². The molecule has 0 aliphatic carbocycles. The minimum absolute atomic E-state index is 0.565. The Bertz CT molecular complexity index is 524. The molecular weight excluding hydrogens is 238 g/mol. The topological polar surface area (TPSA) is 48.5 Å². The SMILES string of the molecule is CCc1cc(CC)n(Cc2ncnn2CC(C)C)n1. The third-order valence-electron chi connectivity index (χ3n) is 3.16. The lowest BCUT2D eigenvalue weighted by molar-refractivity contribution is 0.454. The molecule has 0 aromatic carbocycles. The average Bonchev–Trinajstić information content (AvgIpc) is 2.96. The first kappa shape index (κ1) is 13.8. The van der Waals surface area contributed by atoms with Crippen LogP contribution in [-0.2, 0) is 25.9 Å². The molecule has 0 saturated heterocycles. The van der Waals surface area contributed by atoms with E-state index in [2.05, 4.69) is 53.6 Å². The standard InChI is InChI=1S/C14H23N5/c1-5-12-7-13(6-2)18(17-12)9-14-15-10-16-19(14)8-11(3)4/h7,10-11H,5-6,8-9H2,1-4H3. The second-order valence-electron chi connectivity index (χ2n) is 5.24. The van der Waals surface area contributed by atoms with Crippen LogP contribution in [0.15, 0.2) is 12.4 Å². The molecule has 0 aliphatic heterocycles. The van der Waals surface area contributed by atoms with Gasteiger partial charge >= 0.3 is 0 Å². The number of hydrogen-bond acceptors (Lipinski definition) is 3. The zero-order chi connectivity index (χ0) is 13.8. The first-order valence-electron chi connectivity index (χ1n) is 7.06. The molecule has 0 bridgehead atoms. The lowest BCUT2D eigenvalue weighted by Crippen LogP contribution is -2.15. The van der Waals surface area contributed by atoms with Crippen LogP contribution >= 0.6 is 0 Å². The van der Waals surface area contributed by atoms with Crippen molar-refractivity contribution in [2.45, 2.75) is 53.6 Å². The second-order valence-corrected chi connectivity index (χ2v) is 5.24. The van der Waals surface area contributed by atoms with Gasteiger partial charge in [0.1, 0.15) is 18.7 Å². The van der Waals surface area contributed by atoms with Crippen molar-refractivity contribution < 1.29 is 0 Å². The molecule has 0 radical (unpaired) electrons. The fourth-order valence-corrected chi connectivity index (χ4v) is 2.15. The molecule has 19 heavy (non-hydrogen) atoms. The van der Waals surface area contributed by atoms with Crippen LogP contribution in [-0.4, -0.2) is 24.5 Å². The summed E-state index contributed by atoms with van der Waals surface area (Å²) >= 11 is 0. The van der Waals surface area contributed by atoms with Crippen LogP contribution in [0.2, 0.25) is 0 Å². The smallest absolute Gasteiger partial charge is 0.148 e. The Morgan fingerprint density at radius 2 is 1.95 bits per heavy atom. The van der Waals surface area contributed by atoms with Crippen molar-refractivity contribution in [3.05, 3.63) is 29.6 Å². The summed E-state index contributed by atoms with van der Waals surface area (Å²) in [5.41, 5.74) is 2.41. The molecule has 0 aliphatic rings. The van der Waals surface area contributed by atoms with Gasteiger partial charge in [0.2, 0.25) is 0 Å². The van der Waals surface area contributed by atoms with E-state index in [1.54, 1.807) is 6.33 Å². The molecule has 5 nitrogen and oxygen atoms in total. The number of aryl methyl sites for hydroxylation is 2. The summed E-state index contributed by atoms with van der Waals surface area (Å²) in [6.45, 7) is 10.3. The molecule has 0 spiro atoms. The molecule has 5 heteroatoms. The highest BCUT2D eigenvalue weighted by atomic mass is 15.4. The van der Waals surface area contributed by atoms with Crippen LogP contribution in [0.1, 0.15) is 44.9 Å². The molecule has 0 fully saturated rings. The predicted octanol–water partition coefficient (Wildman–Crippen LogP) is 2.30. The van der Waals surface area contributed by atoms with Gasteiger partial charge in [0, 0.05) is 12.2 Å². The van der Waals surface area contributed by atoms with E-state index in [1.807, 2.05) is 4.68 Å². The minimum atomic E-state index is 0.565. The molecule has 0 saturated carbocycles. The monoisotopic (exact) mass is 261 g/mol. The van der Waals surface area contributed by atoms with Gasteiger partial charge in [-0.3, -0.25) is 4.68 Å². The van der Waals surface area contributed by atoms with Crippen molar-refractivity contribution in [3.8, 4) is 0 Å². The Balaban J connectivity index is 2.21. The fourth-order valence-electron chi connectivity index (χ4n) is 2.15. The predicted molar refractivity (Wildman–Crippen MR) is 74.9 cm³/mol. The van der Waals surface area contributed by atoms with Gasteiger partial charge in [-0.2, -0.15) is 10.2 Å². The summed E-state index contributed by atoms with van der Waals surface area (Å²) < 4.78 is 4.04. The average molecular weight is 261 g/mol. The highest BCUT2D eigenvalue weighted by molar-refractivity contribution is 5.11. The van der Waals surface area contributed by atoms with E-state index in [0.29, 0.717) is 12.5 Å². The third kappa shape index (κ3) is 3.22. The van der Waals surface area contributed by atoms with E-state index >= 15 is 0 Å². The summed E-state index contributed by atoms with van der Waals surface area (Å²) in [5.74, 6) is 1.55. The summed E-state index contributed by atoms with van der Waals surface area (Å²) in [6.07, 6.45) is 3.59. The van der Waals surface area contributed by atoms with Gasteiger partial charge in [-0.1, -0.05) is 27.7 Å². The van der Waals surface area contributed by atoms with Crippen LogP contribution in [0.3, 0.4) is 0 Å². The Morgan fingerprint density at radius 1 is 1.16 bits per heavy atom. The maximum absolute atomic E-state index is 4.63. The minimum Gasteiger partial charge on any atom is -0.262 e. The van der Waals surface area contributed by atoms with Gasteiger partial charge < -0.3 is 0 Å². The Kier molecular flexibility index (Phi) is 4.35. The summed E-state index contributed by atoms with van der Waals surface area (Å²) in [5, 5.41) is 8.93. The highest BCUT2D eigenvalue weighted by Crippen LogP contribution is 2.09. The lowest BCUT2D eigenvalue weighted by Gasteiger charge is -2.10. The van der Waals surface area contributed by atoms with E-state index in [0.717, 1.165) is 30.9 Å². The van der Waals surface area contributed by atoms with Crippen LogP contribution in [0.5, 0.6) is 0 Å². The molecule has 2 aromatic rings. The van der Waals surface area contributed by atoms with Crippen molar-refractivity contribution >= 4 is 0 Å². The number of rotatable bonds is 6. The van der Waals surface area contributed by atoms with E-state index < -0.39 is 0 Å². The first-order valence-corrected chi connectivity index (χ1v) is 7.06. The van der Waals surface area contributed by atoms with Crippen molar-refractivity contribution in [3.63, 3.8) is 0 Å². The Labute approximate surface area is 114 Å². The summed E-state index contributed by atoms with van der Waals surface area (Å²) in [7, 11) is 0. The van der Waals surface area contributed by atoms with Gasteiger partial charge in [-0.05, 0) is 24.8 Å². The molecular formula is C14H23N5. The zero-order valence-electron chi connectivity index (χ0n) is 12.3. The molecule has 104 valence electrons. The molecule has 0 N–H and O–H groups in total. The Morgan fingerprint density at radius 3 is 2.58 bits per heavy atom. The lowest BCUT2D eigenvalue weighted by atomic mass is 10.2. The summed E-state index contributed by atoms with van der Waals surface area (Å²) in [6, 6.07) is 2.18. The van der Waals surface area contributed by atoms with Crippen LogP contribution < -0.4 is 0 Å². The Hall–Kier alpha value is -1.65. The maximum atomic E-state index is 4.63. The molecule has 2 heterocycles. The van der Waals surface area contributed by atoms with Crippen molar-refractivity contribution in [2.75, 3.05) is 0 Å². The van der Waals surface area contributed by atoms with Gasteiger partial charge in [-0.15, -0.1) is 0 Å². The molecule has 0 amide bonds. The number of hydrogen-bond donors (Lipinski definition) is 0. The number of nitrogens with zero attached hydrogens (tertiary/aromatic N) is 5.